The van der Waals surface area contributed by atoms with Gasteiger partial charge in [0.1, 0.15) is 5.75 Å². The Labute approximate surface area is 237 Å². The molecule has 7 heteroatoms. The second kappa shape index (κ2) is 15.8. The molecule has 0 aromatic heterocycles. The molecule has 0 unspecified atom stereocenters. The number of aliphatic hydroxyl groups is 1. The van der Waals surface area contributed by atoms with E-state index in [-0.39, 0.29) is 18.4 Å². The molecular formula is C33H41N3O4. The van der Waals surface area contributed by atoms with E-state index in [1.54, 1.807) is 4.90 Å². The quantitative estimate of drug-likeness (QED) is 0.420. The van der Waals surface area contributed by atoms with Crippen molar-refractivity contribution in [2.24, 2.45) is 0 Å². The van der Waals surface area contributed by atoms with Crippen molar-refractivity contribution < 1.29 is 19.4 Å². The molecule has 1 aliphatic rings. The van der Waals surface area contributed by atoms with Crippen molar-refractivity contribution in [2.75, 3.05) is 32.8 Å². The van der Waals surface area contributed by atoms with Gasteiger partial charge in [0, 0.05) is 44.7 Å². The highest BCUT2D eigenvalue weighted by Gasteiger charge is 2.18. The van der Waals surface area contributed by atoms with Gasteiger partial charge in [-0.3, -0.25) is 14.5 Å². The molecule has 0 bridgehead atoms. The Bertz CT molecular complexity index is 1200. The summed E-state index contributed by atoms with van der Waals surface area (Å²) in [6.07, 6.45) is 3.80. The maximum absolute atomic E-state index is 13.1. The number of amides is 2. The highest BCUT2D eigenvalue weighted by atomic mass is 16.5. The standard InChI is InChI=1S/C33H41N3O4/c37-20-19-36(24-29-12-6-2-7-13-29)33(39)17-15-27-14-16-31-30(22-27)25-35(23-28-10-4-1-5-11-28)26-32(38)34-18-8-3-9-21-40-31/h1-2,4-7,10-14,16,22,37H,3,8-9,15,17-21,23-26H2,(H,34,38). The second-order valence-electron chi connectivity index (χ2n) is 10.4. The van der Waals surface area contributed by atoms with Gasteiger partial charge in [0.2, 0.25) is 11.8 Å². The van der Waals surface area contributed by atoms with E-state index in [0.717, 1.165) is 47.3 Å². The van der Waals surface area contributed by atoms with Gasteiger partial charge in [-0.2, -0.15) is 0 Å². The maximum atomic E-state index is 13.1. The van der Waals surface area contributed by atoms with Crippen molar-refractivity contribution in [3.8, 4) is 5.75 Å². The van der Waals surface area contributed by atoms with Gasteiger partial charge in [-0.1, -0.05) is 72.8 Å². The van der Waals surface area contributed by atoms with E-state index in [0.29, 0.717) is 58.7 Å². The minimum Gasteiger partial charge on any atom is -0.493 e. The van der Waals surface area contributed by atoms with Crippen LogP contribution in [0.15, 0.2) is 78.9 Å². The van der Waals surface area contributed by atoms with Crippen molar-refractivity contribution in [1.29, 1.82) is 0 Å². The molecule has 3 aromatic carbocycles. The number of rotatable bonds is 9. The third-order valence-corrected chi connectivity index (χ3v) is 7.10. The minimum absolute atomic E-state index is 0.0144. The van der Waals surface area contributed by atoms with Gasteiger partial charge < -0.3 is 20.1 Å². The van der Waals surface area contributed by atoms with Gasteiger partial charge in [0.05, 0.1) is 19.8 Å². The van der Waals surface area contributed by atoms with Crippen LogP contribution >= 0.6 is 0 Å². The van der Waals surface area contributed by atoms with Crippen LogP contribution in [0, 0.1) is 0 Å². The number of nitrogens with zero attached hydrogens (tertiary/aromatic N) is 2. The summed E-state index contributed by atoms with van der Waals surface area (Å²) in [5, 5.41) is 12.6. The lowest BCUT2D eigenvalue weighted by atomic mass is 10.0. The summed E-state index contributed by atoms with van der Waals surface area (Å²) >= 11 is 0. The number of benzene rings is 3. The second-order valence-corrected chi connectivity index (χ2v) is 10.4. The van der Waals surface area contributed by atoms with Gasteiger partial charge in [-0.15, -0.1) is 0 Å². The Balaban J connectivity index is 1.49. The smallest absolute Gasteiger partial charge is 0.234 e. The molecule has 0 spiro atoms. The molecule has 4 rings (SSSR count). The first-order valence-electron chi connectivity index (χ1n) is 14.3. The van der Waals surface area contributed by atoms with Crippen LogP contribution in [0.1, 0.15) is 47.9 Å². The maximum Gasteiger partial charge on any atom is 0.234 e. The zero-order valence-electron chi connectivity index (χ0n) is 23.3. The lowest BCUT2D eigenvalue weighted by molar-refractivity contribution is -0.132. The Hall–Kier alpha value is -3.68. The van der Waals surface area contributed by atoms with E-state index in [1.165, 1.54) is 0 Å². The zero-order chi connectivity index (χ0) is 28.0. The fraction of sp³-hybridized carbons (Fsp3) is 0.394. The summed E-state index contributed by atoms with van der Waals surface area (Å²) in [6, 6.07) is 26.2. The number of carbonyl (C=O) groups excluding carboxylic acids is 2. The predicted octanol–water partition coefficient (Wildman–Crippen LogP) is 4.32. The number of fused-ring (bicyclic) bond motifs is 1. The number of hydrogen-bond donors (Lipinski definition) is 2. The Morgan fingerprint density at radius 1 is 0.900 bits per heavy atom. The molecule has 3 aromatic rings. The normalized spacial score (nSPS) is 15.0. The van der Waals surface area contributed by atoms with E-state index in [1.807, 2.05) is 60.7 Å². The van der Waals surface area contributed by atoms with Crippen LogP contribution < -0.4 is 10.1 Å². The predicted molar refractivity (Wildman–Crippen MR) is 157 cm³/mol. The van der Waals surface area contributed by atoms with Gasteiger partial charge in [0.25, 0.3) is 0 Å². The third-order valence-electron chi connectivity index (χ3n) is 7.10. The van der Waals surface area contributed by atoms with E-state index < -0.39 is 0 Å². The fourth-order valence-electron chi connectivity index (χ4n) is 5.00. The van der Waals surface area contributed by atoms with Crippen LogP contribution in [0.2, 0.25) is 0 Å². The summed E-state index contributed by atoms with van der Waals surface area (Å²) in [5.41, 5.74) is 4.25. The molecule has 0 aliphatic carbocycles. The van der Waals surface area contributed by atoms with Gasteiger partial charge in [-0.05, 0) is 48.4 Å². The van der Waals surface area contributed by atoms with Crippen molar-refractivity contribution in [3.05, 3.63) is 101 Å². The monoisotopic (exact) mass is 543 g/mol. The first-order chi connectivity index (χ1) is 19.6. The number of ether oxygens (including phenoxy) is 1. The van der Waals surface area contributed by atoms with Crippen LogP contribution in [0.4, 0.5) is 0 Å². The van der Waals surface area contributed by atoms with Crippen LogP contribution in [-0.2, 0) is 35.6 Å². The van der Waals surface area contributed by atoms with E-state index in [2.05, 4.69) is 28.4 Å². The molecule has 2 N–H and O–H groups in total. The average molecular weight is 544 g/mol. The molecule has 0 atom stereocenters. The van der Waals surface area contributed by atoms with Crippen LogP contribution in [0.25, 0.3) is 0 Å². The van der Waals surface area contributed by atoms with Gasteiger partial charge in [0.15, 0.2) is 0 Å². The number of nitrogens with one attached hydrogen (secondary N) is 1. The molecule has 7 nitrogen and oxygen atoms in total. The van der Waals surface area contributed by atoms with Crippen molar-refractivity contribution in [3.63, 3.8) is 0 Å². The highest BCUT2D eigenvalue weighted by molar-refractivity contribution is 5.78. The lowest BCUT2D eigenvalue weighted by Crippen LogP contribution is -2.37. The summed E-state index contributed by atoms with van der Waals surface area (Å²) in [5.74, 6) is 0.876. The van der Waals surface area contributed by atoms with E-state index >= 15 is 0 Å². The SMILES string of the molecule is O=C1CN(Cc2ccccc2)Cc2cc(CCC(=O)N(CCO)Cc3ccccc3)ccc2OCCCCCN1. The summed E-state index contributed by atoms with van der Waals surface area (Å²) in [7, 11) is 0. The van der Waals surface area contributed by atoms with Gasteiger partial charge >= 0.3 is 0 Å². The van der Waals surface area contributed by atoms with Crippen LogP contribution in [-0.4, -0.2) is 59.6 Å². The van der Waals surface area contributed by atoms with Crippen molar-refractivity contribution in [1.82, 2.24) is 15.1 Å². The minimum atomic E-state index is -0.0699. The molecule has 1 heterocycles. The number of aryl methyl sites for hydroxylation is 1. The lowest BCUT2D eigenvalue weighted by Gasteiger charge is -2.24. The first-order valence-corrected chi connectivity index (χ1v) is 14.3. The summed E-state index contributed by atoms with van der Waals surface area (Å²) in [4.78, 5) is 29.7. The molecule has 0 saturated carbocycles. The van der Waals surface area contributed by atoms with Crippen molar-refractivity contribution >= 4 is 11.8 Å². The molecule has 0 radical (unpaired) electrons. The Morgan fingerprint density at radius 3 is 2.40 bits per heavy atom. The summed E-state index contributed by atoms with van der Waals surface area (Å²) in [6.45, 7) is 3.53. The Morgan fingerprint density at radius 2 is 1.65 bits per heavy atom. The van der Waals surface area contributed by atoms with Crippen LogP contribution in [0.5, 0.6) is 5.75 Å². The van der Waals surface area contributed by atoms with Gasteiger partial charge in [-0.25, -0.2) is 0 Å². The number of hydrogen-bond acceptors (Lipinski definition) is 5. The largest absolute Gasteiger partial charge is 0.493 e. The van der Waals surface area contributed by atoms with Crippen molar-refractivity contribution in [2.45, 2.75) is 51.7 Å². The molecule has 0 fully saturated rings. The van der Waals surface area contributed by atoms with E-state index in [9.17, 15) is 14.7 Å². The topological polar surface area (TPSA) is 82.1 Å². The fourth-order valence-corrected chi connectivity index (χ4v) is 5.00. The average Bonchev–Trinajstić information content (AvgIpc) is 2.98. The molecular weight excluding hydrogens is 502 g/mol. The molecule has 2 amide bonds. The molecule has 212 valence electrons. The summed E-state index contributed by atoms with van der Waals surface area (Å²) < 4.78 is 6.21. The zero-order valence-corrected chi connectivity index (χ0v) is 23.3. The molecule has 0 saturated heterocycles. The molecule has 40 heavy (non-hydrogen) atoms. The van der Waals surface area contributed by atoms with E-state index in [4.69, 9.17) is 4.74 Å². The number of aliphatic hydroxyl groups excluding tert-OH is 1. The number of carbonyl (C=O) groups is 2. The Kier molecular flexibility index (Phi) is 11.6. The third kappa shape index (κ3) is 9.50. The van der Waals surface area contributed by atoms with Crippen LogP contribution in [0.3, 0.4) is 0 Å². The highest BCUT2D eigenvalue weighted by Crippen LogP contribution is 2.25. The first kappa shape index (κ1) is 29.3. The molecule has 1 aliphatic heterocycles.